The third-order valence-corrected chi connectivity index (χ3v) is 4.91. The van der Waals surface area contributed by atoms with Gasteiger partial charge in [-0.3, -0.25) is 4.79 Å². The SMILES string of the molecule is CN(C)[C@H](CNC(=O)C1CCCCC1)c1cccs1. The molecule has 0 aliphatic heterocycles. The van der Waals surface area contributed by atoms with E-state index >= 15 is 0 Å². The number of carbonyl (C=O) groups excluding carboxylic acids is 1. The van der Waals surface area contributed by atoms with Gasteiger partial charge in [0.25, 0.3) is 0 Å². The van der Waals surface area contributed by atoms with E-state index in [1.54, 1.807) is 11.3 Å². The van der Waals surface area contributed by atoms with Gasteiger partial charge < -0.3 is 10.2 Å². The van der Waals surface area contributed by atoms with Crippen molar-refractivity contribution in [2.45, 2.75) is 38.1 Å². The summed E-state index contributed by atoms with van der Waals surface area (Å²) >= 11 is 1.75. The fourth-order valence-corrected chi connectivity index (χ4v) is 3.65. The third kappa shape index (κ3) is 4.05. The monoisotopic (exact) mass is 280 g/mol. The van der Waals surface area contributed by atoms with E-state index in [1.165, 1.54) is 24.1 Å². The minimum Gasteiger partial charge on any atom is -0.354 e. The maximum absolute atomic E-state index is 12.2. The van der Waals surface area contributed by atoms with E-state index in [1.807, 2.05) is 0 Å². The van der Waals surface area contributed by atoms with Crippen LogP contribution in [0.2, 0.25) is 0 Å². The van der Waals surface area contributed by atoms with Crippen molar-refractivity contribution in [2.24, 2.45) is 5.92 Å². The zero-order valence-electron chi connectivity index (χ0n) is 11.9. The summed E-state index contributed by atoms with van der Waals surface area (Å²) in [4.78, 5) is 15.7. The standard InChI is InChI=1S/C15H24N2OS/c1-17(2)13(14-9-6-10-19-14)11-16-15(18)12-7-4-3-5-8-12/h6,9-10,12-13H,3-5,7-8,11H2,1-2H3,(H,16,18)/t13-/m1/s1. The minimum atomic E-state index is 0.250. The van der Waals surface area contributed by atoms with Gasteiger partial charge in [0.2, 0.25) is 5.91 Å². The summed E-state index contributed by atoms with van der Waals surface area (Å²) in [7, 11) is 4.13. The highest BCUT2D eigenvalue weighted by Gasteiger charge is 2.22. The number of amides is 1. The van der Waals surface area contributed by atoms with Gasteiger partial charge in [0.05, 0.1) is 6.04 Å². The molecule has 0 unspecified atom stereocenters. The van der Waals surface area contributed by atoms with Crippen molar-refractivity contribution >= 4 is 17.2 Å². The quantitative estimate of drug-likeness (QED) is 0.899. The number of hydrogen-bond donors (Lipinski definition) is 1. The molecule has 1 N–H and O–H groups in total. The molecule has 1 aromatic rings. The van der Waals surface area contributed by atoms with Crippen LogP contribution in [0.1, 0.15) is 43.0 Å². The Balaban J connectivity index is 1.86. The van der Waals surface area contributed by atoms with E-state index in [0.29, 0.717) is 6.54 Å². The van der Waals surface area contributed by atoms with E-state index in [0.717, 1.165) is 12.8 Å². The molecule has 2 rings (SSSR count). The highest BCUT2D eigenvalue weighted by atomic mass is 32.1. The normalized spacial score (nSPS) is 18.5. The van der Waals surface area contributed by atoms with E-state index in [-0.39, 0.29) is 17.9 Å². The fourth-order valence-electron chi connectivity index (χ4n) is 2.72. The Morgan fingerprint density at radius 2 is 2.16 bits per heavy atom. The van der Waals surface area contributed by atoms with Gasteiger partial charge in [0, 0.05) is 17.3 Å². The van der Waals surface area contributed by atoms with Gasteiger partial charge in [-0.2, -0.15) is 0 Å². The zero-order valence-corrected chi connectivity index (χ0v) is 12.7. The van der Waals surface area contributed by atoms with Gasteiger partial charge in [-0.25, -0.2) is 0 Å². The second-order valence-corrected chi connectivity index (χ2v) is 6.55. The number of nitrogens with one attached hydrogen (secondary N) is 1. The van der Waals surface area contributed by atoms with E-state index in [4.69, 9.17) is 0 Å². The Hall–Kier alpha value is -0.870. The first-order valence-corrected chi connectivity index (χ1v) is 8.04. The minimum absolute atomic E-state index is 0.250. The first kappa shape index (κ1) is 14.5. The smallest absolute Gasteiger partial charge is 0.223 e. The summed E-state index contributed by atoms with van der Waals surface area (Å²) < 4.78 is 0. The second kappa shape index (κ2) is 7.06. The summed E-state index contributed by atoms with van der Waals surface area (Å²) in [6.07, 6.45) is 5.84. The van der Waals surface area contributed by atoms with E-state index < -0.39 is 0 Å². The number of nitrogens with zero attached hydrogens (tertiary/aromatic N) is 1. The molecule has 0 saturated heterocycles. The highest BCUT2D eigenvalue weighted by Crippen LogP contribution is 2.25. The van der Waals surface area contributed by atoms with Crippen molar-refractivity contribution in [2.75, 3.05) is 20.6 Å². The molecule has 3 nitrogen and oxygen atoms in total. The molecule has 0 radical (unpaired) electrons. The predicted molar refractivity (Wildman–Crippen MR) is 80.3 cm³/mol. The summed E-state index contributed by atoms with van der Waals surface area (Å²) in [5.74, 6) is 0.503. The van der Waals surface area contributed by atoms with Crippen molar-refractivity contribution in [1.82, 2.24) is 10.2 Å². The lowest BCUT2D eigenvalue weighted by atomic mass is 9.88. The van der Waals surface area contributed by atoms with E-state index in [9.17, 15) is 4.79 Å². The van der Waals surface area contributed by atoms with Crippen molar-refractivity contribution in [3.63, 3.8) is 0 Å². The lowest BCUT2D eigenvalue weighted by molar-refractivity contribution is -0.126. The third-order valence-electron chi connectivity index (χ3n) is 3.94. The average Bonchev–Trinajstić information content (AvgIpc) is 2.93. The highest BCUT2D eigenvalue weighted by molar-refractivity contribution is 7.10. The molecule has 1 fully saturated rings. The molecule has 1 aromatic heterocycles. The van der Waals surface area contributed by atoms with Gasteiger partial charge in [0.15, 0.2) is 0 Å². The van der Waals surface area contributed by atoms with Gasteiger partial charge in [-0.15, -0.1) is 11.3 Å². The van der Waals surface area contributed by atoms with Crippen molar-refractivity contribution in [1.29, 1.82) is 0 Å². The van der Waals surface area contributed by atoms with Crippen LogP contribution in [-0.4, -0.2) is 31.4 Å². The Labute approximate surface area is 120 Å². The molecular formula is C15H24N2OS. The van der Waals surface area contributed by atoms with Gasteiger partial charge >= 0.3 is 0 Å². The number of hydrogen-bond acceptors (Lipinski definition) is 3. The van der Waals surface area contributed by atoms with Crippen LogP contribution in [0.4, 0.5) is 0 Å². The van der Waals surface area contributed by atoms with Crippen LogP contribution in [0.25, 0.3) is 0 Å². The van der Waals surface area contributed by atoms with Gasteiger partial charge in [-0.1, -0.05) is 25.3 Å². The van der Waals surface area contributed by atoms with Gasteiger partial charge in [-0.05, 0) is 38.4 Å². The molecule has 1 aliphatic rings. The largest absolute Gasteiger partial charge is 0.354 e. The summed E-state index contributed by atoms with van der Waals surface area (Å²) in [6, 6.07) is 4.49. The summed E-state index contributed by atoms with van der Waals surface area (Å²) in [5, 5.41) is 5.24. The molecule has 106 valence electrons. The van der Waals surface area contributed by atoms with Crippen molar-refractivity contribution in [3.05, 3.63) is 22.4 Å². The maximum atomic E-state index is 12.2. The first-order valence-electron chi connectivity index (χ1n) is 7.16. The van der Waals surface area contributed by atoms with Crippen LogP contribution in [0, 0.1) is 5.92 Å². The van der Waals surface area contributed by atoms with Crippen LogP contribution < -0.4 is 5.32 Å². The molecule has 19 heavy (non-hydrogen) atoms. The predicted octanol–water partition coefficient (Wildman–Crippen LogP) is 3.05. The Kier molecular flexibility index (Phi) is 5.40. The Bertz CT molecular complexity index is 383. The van der Waals surface area contributed by atoms with Crippen molar-refractivity contribution < 1.29 is 4.79 Å². The maximum Gasteiger partial charge on any atom is 0.223 e. The molecular weight excluding hydrogens is 256 g/mol. The molecule has 1 saturated carbocycles. The molecule has 4 heteroatoms. The molecule has 0 spiro atoms. The van der Waals surface area contributed by atoms with Crippen LogP contribution in [0.5, 0.6) is 0 Å². The fraction of sp³-hybridized carbons (Fsp3) is 0.667. The second-order valence-electron chi connectivity index (χ2n) is 5.57. The van der Waals surface area contributed by atoms with Crippen LogP contribution in [-0.2, 0) is 4.79 Å². The topological polar surface area (TPSA) is 32.3 Å². The van der Waals surface area contributed by atoms with Crippen LogP contribution in [0.15, 0.2) is 17.5 Å². The first-order chi connectivity index (χ1) is 9.18. The number of carbonyl (C=O) groups is 1. The number of thiophene rings is 1. The summed E-state index contributed by atoms with van der Waals surface area (Å²) in [5.41, 5.74) is 0. The molecule has 0 aromatic carbocycles. The number of rotatable bonds is 5. The van der Waals surface area contributed by atoms with Crippen LogP contribution in [0.3, 0.4) is 0 Å². The summed E-state index contributed by atoms with van der Waals surface area (Å²) in [6.45, 7) is 0.711. The van der Waals surface area contributed by atoms with Gasteiger partial charge in [0.1, 0.15) is 0 Å². The Morgan fingerprint density at radius 1 is 1.42 bits per heavy atom. The van der Waals surface area contributed by atoms with Crippen molar-refractivity contribution in [3.8, 4) is 0 Å². The zero-order chi connectivity index (χ0) is 13.7. The molecule has 1 aliphatic carbocycles. The average molecular weight is 280 g/mol. The lowest BCUT2D eigenvalue weighted by Crippen LogP contribution is -2.38. The van der Waals surface area contributed by atoms with Crippen LogP contribution >= 0.6 is 11.3 Å². The lowest BCUT2D eigenvalue weighted by Gasteiger charge is -2.26. The number of likely N-dealkylation sites (N-methyl/N-ethyl adjacent to an activating group) is 1. The Morgan fingerprint density at radius 3 is 2.74 bits per heavy atom. The van der Waals surface area contributed by atoms with E-state index in [2.05, 4.69) is 41.8 Å². The molecule has 1 atom stereocenters. The molecule has 1 amide bonds. The molecule has 0 bridgehead atoms. The molecule has 1 heterocycles.